The Morgan fingerprint density at radius 2 is 2.23 bits per heavy atom. The minimum absolute atomic E-state index is 0.159. The highest BCUT2D eigenvalue weighted by Crippen LogP contribution is 2.41. The van der Waals surface area contributed by atoms with Crippen LogP contribution in [0.3, 0.4) is 0 Å². The molecular formula is C14H18IN5O6. The van der Waals surface area contributed by atoms with Gasteiger partial charge in [-0.3, -0.25) is 10.4 Å². The maximum Gasteiger partial charge on any atom is 0.505 e. The van der Waals surface area contributed by atoms with Crippen LogP contribution in [0.25, 0.3) is 0 Å². The Morgan fingerprint density at radius 3 is 2.96 bits per heavy atom. The van der Waals surface area contributed by atoms with Gasteiger partial charge >= 0.3 is 6.16 Å². The first-order chi connectivity index (χ1) is 12.2. The number of amidine groups is 2. The Hall–Kier alpha value is -1.51. The van der Waals surface area contributed by atoms with E-state index in [2.05, 4.69) is 20.0 Å². The molecule has 0 aromatic carbocycles. The van der Waals surface area contributed by atoms with Crippen molar-refractivity contribution in [1.29, 1.82) is 5.41 Å². The van der Waals surface area contributed by atoms with Crippen LogP contribution in [0.2, 0.25) is 0 Å². The van der Waals surface area contributed by atoms with Crippen molar-refractivity contribution in [3.05, 3.63) is 0 Å². The summed E-state index contributed by atoms with van der Waals surface area (Å²) in [6.07, 6.45) is -2.19. The molecule has 4 aliphatic heterocycles. The van der Waals surface area contributed by atoms with Gasteiger partial charge in [-0.05, 0) is 36.4 Å². The third kappa shape index (κ3) is 3.04. The first-order valence-electron chi connectivity index (χ1n) is 8.02. The summed E-state index contributed by atoms with van der Waals surface area (Å²) in [6.45, 7) is 3.43. The zero-order chi connectivity index (χ0) is 18.6. The molecule has 0 aliphatic carbocycles. The van der Waals surface area contributed by atoms with Gasteiger partial charge in [-0.15, -0.1) is 0 Å². The summed E-state index contributed by atoms with van der Waals surface area (Å²) < 4.78 is 23.2. The van der Waals surface area contributed by atoms with Crippen LogP contribution in [-0.2, 0) is 18.9 Å². The molecule has 0 aromatic rings. The molecule has 6 unspecified atom stereocenters. The Bertz CT molecular complexity index is 699. The van der Waals surface area contributed by atoms with Gasteiger partial charge in [-0.25, -0.2) is 9.79 Å². The molecule has 6 atom stereocenters. The second-order valence-electron chi connectivity index (χ2n) is 6.74. The zero-order valence-corrected chi connectivity index (χ0v) is 16.1. The standard InChI is InChI=1S/C14H18IN5O6/c1-14(2)25-7-5(3-23-13(21)22)24-11(8(7)26-14)20-4-17-6-9(16)18-12(15)19-10(6)20/h4-8,10-11H,3H2,1-2H3,(H,21,22)(H2,16,18,19). The molecule has 12 heteroatoms. The first kappa shape index (κ1) is 17.9. The number of fused-ring (bicyclic) bond motifs is 2. The van der Waals surface area contributed by atoms with E-state index in [1.807, 2.05) is 27.5 Å². The molecule has 2 saturated heterocycles. The maximum atomic E-state index is 10.7. The number of rotatable bonds is 3. The summed E-state index contributed by atoms with van der Waals surface area (Å²) in [6, 6.07) is -0.444. The van der Waals surface area contributed by atoms with Crippen LogP contribution in [-0.4, -0.2) is 81.3 Å². The summed E-state index contributed by atoms with van der Waals surface area (Å²) in [5, 5.41) is 20.0. The molecule has 0 aromatic heterocycles. The zero-order valence-electron chi connectivity index (χ0n) is 14.0. The third-order valence-electron chi connectivity index (χ3n) is 4.54. The van der Waals surface area contributed by atoms with Gasteiger partial charge in [0, 0.05) is 0 Å². The highest BCUT2D eigenvalue weighted by atomic mass is 127. The van der Waals surface area contributed by atoms with E-state index in [0.29, 0.717) is 3.84 Å². The Labute approximate surface area is 162 Å². The van der Waals surface area contributed by atoms with Gasteiger partial charge in [0.2, 0.25) is 0 Å². The molecule has 26 heavy (non-hydrogen) atoms. The topological polar surface area (TPSA) is 138 Å². The van der Waals surface area contributed by atoms with Crippen LogP contribution in [0, 0.1) is 5.41 Å². The molecule has 0 saturated carbocycles. The number of aliphatic imine (C=N–C) groups is 2. The molecule has 3 N–H and O–H groups in total. The van der Waals surface area contributed by atoms with Crippen LogP contribution in [0.4, 0.5) is 4.79 Å². The molecule has 4 aliphatic rings. The molecule has 2 fully saturated rings. The van der Waals surface area contributed by atoms with Gasteiger partial charge in [0.25, 0.3) is 0 Å². The number of hydrogen-bond donors (Lipinski definition) is 3. The highest BCUT2D eigenvalue weighted by molar-refractivity contribution is 14.1. The molecule has 11 nitrogen and oxygen atoms in total. The Balaban J connectivity index is 1.56. The van der Waals surface area contributed by atoms with E-state index >= 15 is 0 Å². The fraction of sp³-hybridized carbons (Fsp3) is 0.714. The molecular weight excluding hydrogens is 461 g/mol. The van der Waals surface area contributed by atoms with E-state index in [0.717, 1.165) is 0 Å². The number of nitrogens with zero attached hydrogens (tertiary/aromatic N) is 3. The van der Waals surface area contributed by atoms with Gasteiger partial charge in [0.05, 0.1) is 6.34 Å². The number of carbonyl (C=O) groups is 1. The van der Waals surface area contributed by atoms with Gasteiger partial charge < -0.3 is 34.3 Å². The van der Waals surface area contributed by atoms with Crippen LogP contribution >= 0.6 is 22.6 Å². The maximum absolute atomic E-state index is 10.7. The smallest absolute Gasteiger partial charge is 0.450 e. The molecule has 142 valence electrons. The SMILES string of the molecule is CC1(C)OC2C(COC(=O)O)OC(N3C=NC4C(=N)N=C(I)NC43)C2O1. The third-order valence-corrected chi connectivity index (χ3v) is 5.09. The second kappa shape index (κ2) is 6.28. The lowest BCUT2D eigenvalue weighted by molar-refractivity contribution is -0.205. The number of halogens is 1. The lowest BCUT2D eigenvalue weighted by Crippen LogP contribution is -2.59. The van der Waals surface area contributed by atoms with Gasteiger partial charge in [-0.1, -0.05) is 0 Å². The van der Waals surface area contributed by atoms with Crippen LogP contribution in [0.15, 0.2) is 9.98 Å². The lowest BCUT2D eigenvalue weighted by atomic mass is 10.1. The van der Waals surface area contributed by atoms with E-state index in [1.165, 1.54) is 0 Å². The average Bonchev–Trinajstić information content (AvgIpc) is 3.16. The Kier molecular flexibility index (Phi) is 4.32. The van der Waals surface area contributed by atoms with E-state index in [-0.39, 0.29) is 18.6 Å². The van der Waals surface area contributed by atoms with Crippen molar-refractivity contribution in [2.45, 2.75) is 56.4 Å². The fourth-order valence-electron chi connectivity index (χ4n) is 3.58. The van der Waals surface area contributed by atoms with E-state index < -0.39 is 42.5 Å². The van der Waals surface area contributed by atoms with Crippen molar-refractivity contribution in [3.8, 4) is 0 Å². The van der Waals surface area contributed by atoms with E-state index in [1.54, 1.807) is 20.2 Å². The van der Waals surface area contributed by atoms with Gasteiger partial charge in [-0.2, -0.15) is 0 Å². The molecule has 4 rings (SSSR count). The van der Waals surface area contributed by atoms with Crippen molar-refractivity contribution >= 4 is 44.8 Å². The van der Waals surface area contributed by atoms with Crippen LogP contribution in [0.1, 0.15) is 13.8 Å². The molecule has 0 spiro atoms. The summed E-state index contributed by atoms with van der Waals surface area (Å²) in [4.78, 5) is 21.0. The van der Waals surface area contributed by atoms with Crippen molar-refractivity contribution < 1.29 is 28.8 Å². The Morgan fingerprint density at radius 1 is 1.50 bits per heavy atom. The molecule has 0 bridgehead atoms. The van der Waals surface area contributed by atoms with Gasteiger partial charge in [0.1, 0.15) is 37.1 Å². The minimum Gasteiger partial charge on any atom is -0.450 e. The highest BCUT2D eigenvalue weighted by Gasteiger charge is 2.59. The summed E-state index contributed by atoms with van der Waals surface area (Å²) in [5.74, 6) is -0.654. The van der Waals surface area contributed by atoms with Crippen molar-refractivity contribution in [3.63, 3.8) is 0 Å². The van der Waals surface area contributed by atoms with Crippen LogP contribution < -0.4 is 5.32 Å². The molecule has 0 amide bonds. The number of carboxylic acid groups (broad SMARTS) is 1. The fourth-order valence-corrected chi connectivity index (χ4v) is 4.15. The quantitative estimate of drug-likeness (QED) is 0.299. The van der Waals surface area contributed by atoms with E-state index in [4.69, 9.17) is 24.7 Å². The van der Waals surface area contributed by atoms with E-state index in [9.17, 15) is 4.79 Å². The second-order valence-corrected chi connectivity index (χ2v) is 7.76. The number of nitrogens with one attached hydrogen (secondary N) is 2. The van der Waals surface area contributed by atoms with Crippen molar-refractivity contribution in [1.82, 2.24) is 10.2 Å². The molecule has 4 heterocycles. The van der Waals surface area contributed by atoms with Gasteiger partial charge in [0.15, 0.2) is 21.7 Å². The average molecular weight is 479 g/mol. The number of hydrogen-bond acceptors (Lipinski definition) is 9. The van der Waals surface area contributed by atoms with Crippen molar-refractivity contribution in [2.75, 3.05) is 6.61 Å². The monoisotopic (exact) mass is 479 g/mol. The predicted molar refractivity (Wildman–Crippen MR) is 96.7 cm³/mol. The largest absolute Gasteiger partial charge is 0.505 e. The lowest BCUT2D eigenvalue weighted by Gasteiger charge is -2.36. The summed E-state index contributed by atoms with van der Waals surface area (Å²) in [5.41, 5.74) is 0. The summed E-state index contributed by atoms with van der Waals surface area (Å²) >= 11 is 2.02. The molecule has 0 radical (unpaired) electrons. The normalized spacial score (nSPS) is 40.0. The summed E-state index contributed by atoms with van der Waals surface area (Å²) in [7, 11) is 0. The van der Waals surface area contributed by atoms with Crippen LogP contribution in [0.5, 0.6) is 0 Å². The van der Waals surface area contributed by atoms with Crippen molar-refractivity contribution in [2.24, 2.45) is 9.98 Å². The minimum atomic E-state index is -1.37. The first-order valence-corrected chi connectivity index (χ1v) is 9.10. The predicted octanol–water partition coefficient (Wildman–Crippen LogP) is 0.336. The number of ether oxygens (including phenoxy) is 4.